The van der Waals surface area contributed by atoms with Gasteiger partial charge in [0.25, 0.3) is 0 Å². The van der Waals surface area contributed by atoms with Gasteiger partial charge in [0.2, 0.25) is 0 Å². The third-order valence-corrected chi connectivity index (χ3v) is 4.81. The van der Waals surface area contributed by atoms with E-state index in [2.05, 4.69) is 38.1 Å². The number of hydrogen-bond donors (Lipinski definition) is 0. The van der Waals surface area contributed by atoms with E-state index in [4.69, 9.17) is 4.98 Å². The summed E-state index contributed by atoms with van der Waals surface area (Å²) >= 11 is 0. The fourth-order valence-corrected chi connectivity index (χ4v) is 3.38. The minimum atomic E-state index is 0.705. The van der Waals surface area contributed by atoms with Gasteiger partial charge in [0.05, 0.1) is 0 Å². The molecule has 1 saturated carbocycles. The minimum absolute atomic E-state index is 0.705. The lowest BCUT2D eigenvalue weighted by molar-refractivity contribution is 0.301. The predicted octanol–water partition coefficient (Wildman–Crippen LogP) is 6.36. The van der Waals surface area contributed by atoms with Crippen LogP contribution in [0.4, 0.5) is 0 Å². The molecular weight excluding hydrogens is 254 g/mol. The highest BCUT2D eigenvalue weighted by Gasteiger charge is 2.22. The van der Waals surface area contributed by atoms with Gasteiger partial charge in [0.1, 0.15) is 0 Å². The average Bonchev–Trinajstić information content (AvgIpc) is 2.54. The van der Waals surface area contributed by atoms with Gasteiger partial charge in [-0.1, -0.05) is 57.7 Å². The first kappa shape index (κ1) is 16.3. The molecule has 0 amide bonds. The molecule has 0 bridgehead atoms. The summed E-state index contributed by atoms with van der Waals surface area (Å²) in [6.45, 7) is 4.51. The number of pyridine rings is 1. The van der Waals surface area contributed by atoms with E-state index < -0.39 is 0 Å². The van der Waals surface area contributed by atoms with E-state index in [-0.39, 0.29) is 0 Å². The highest BCUT2D eigenvalue weighted by atomic mass is 14.7. The van der Waals surface area contributed by atoms with Gasteiger partial charge >= 0.3 is 0 Å². The second kappa shape index (κ2) is 9.02. The maximum absolute atomic E-state index is 4.72. The lowest BCUT2D eigenvalue weighted by Crippen LogP contribution is -2.14. The minimum Gasteiger partial charge on any atom is -0.260 e. The zero-order valence-electron chi connectivity index (χ0n) is 13.9. The summed E-state index contributed by atoms with van der Waals surface area (Å²) in [6, 6.07) is 4.49. The molecule has 1 nitrogen and oxygen atoms in total. The number of unbranched alkanes of at least 4 members (excludes halogenated alkanes) is 2. The number of nitrogens with zero attached hydrogens (tertiary/aromatic N) is 1. The van der Waals surface area contributed by atoms with E-state index in [1.165, 1.54) is 62.6 Å². The Morgan fingerprint density at radius 2 is 1.90 bits per heavy atom. The van der Waals surface area contributed by atoms with Crippen molar-refractivity contribution in [1.82, 2.24) is 4.98 Å². The van der Waals surface area contributed by atoms with Crippen molar-refractivity contribution in [2.75, 3.05) is 0 Å². The van der Waals surface area contributed by atoms with Crippen molar-refractivity contribution in [1.29, 1.82) is 0 Å². The Labute approximate surface area is 130 Å². The molecule has 1 heterocycles. The van der Waals surface area contributed by atoms with Crippen molar-refractivity contribution in [2.24, 2.45) is 5.92 Å². The molecule has 0 atom stereocenters. The number of rotatable bonds is 7. The van der Waals surface area contributed by atoms with Crippen LogP contribution in [0.1, 0.15) is 88.8 Å². The Kier molecular flexibility index (Phi) is 6.99. The van der Waals surface area contributed by atoms with E-state index in [1.54, 1.807) is 0 Å². The Morgan fingerprint density at radius 1 is 1.10 bits per heavy atom. The van der Waals surface area contributed by atoms with Crippen LogP contribution >= 0.6 is 0 Å². The smallest absolute Gasteiger partial charge is 0.0434 e. The van der Waals surface area contributed by atoms with Crippen LogP contribution in [-0.4, -0.2) is 4.98 Å². The molecule has 1 aliphatic carbocycles. The second-order valence-corrected chi connectivity index (χ2v) is 6.57. The van der Waals surface area contributed by atoms with Gasteiger partial charge in [-0.25, -0.2) is 0 Å². The molecule has 0 spiro atoms. The van der Waals surface area contributed by atoms with Crippen molar-refractivity contribution in [3.05, 3.63) is 35.7 Å². The highest BCUT2D eigenvalue weighted by molar-refractivity contribution is 5.47. The molecule has 1 aromatic rings. The topological polar surface area (TPSA) is 12.9 Å². The lowest BCUT2D eigenvalue weighted by atomic mass is 9.78. The highest BCUT2D eigenvalue weighted by Crippen LogP contribution is 2.36. The average molecular weight is 285 g/mol. The molecule has 2 rings (SSSR count). The first-order valence-electron chi connectivity index (χ1n) is 8.96. The predicted molar refractivity (Wildman–Crippen MR) is 92.4 cm³/mol. The maximum atomic E-state index is 4.72. The van der Waals surface area contributed by atoms with Crippen LogP contribution in [0.5, 0.6) is 0 Å². The molecule has 1 fully saturated rings. The van der Waals surface area contributed by atoms with E-state index in [9.17, 15) is 0 Å². The van der Waals surface area contributed by atoms with Crippen LogP contribution in [0.3, 0.4) is 0 Å². The summed E-state index contributed by atoms with van der Waals surface area (Å²) < 4.78 is 0. The van der Waals surface area contributed by atoms with Crippen LogP contribution in [-0.2, 0) is 0 Å². The normalized spacial score (nSPS) is 22.8. The van der Waals surface area contributed by atoms with Crippen LogP contribution in [0.25, 0.3) is 6.08 Å². The molecular formula is C20H31N. The summed E-state index contributed by atoms with van der Waals surface area (Å²) in [5.41, 5.74) is 2.56. The zero-order valence-corrected chi connectivity index (χ0v) is 13.9. The van der Waals surface area contributed by atoms with Gasteiger partial charge in [-0.3, -0.25) is 4.98 Å². The first-order valence-corrected chi connectivity index (χ1v) is 8.96. The Balaban J connectivity index is 1.83. The molecule has 0 unspecified atom stereocenters. The second-order valence-electron chi connectivity index (χ2n) is 6.57. The van der Waals surface area contributed by atoms with E-state index in [0.717, 1.165) is 12.3 Å². The molecule has 0 radical (unpaired) electrons. The van der Waals surface area contributed by atoms with Gasteiger partial charge in [0.15, 0.2) is 0 Å². The summed E-state index contributed by atoms with van der Waals surface area (Å²) in [5, 5.41) is 0. The molecule has 116 valence electrons. The molecule has 21 heavy (non-hydrogen) atoms. The number of aromatic nitrogens is 1. The third kappa shape index (κ3) is 5.30. The van der Waals surface area contributed by atoms with Gasteiger partial charge < -0.3 is 0 Å². The van der Waals surface area contributed by atoms with Crippen molar-refractivity contribution < 1.29 is 0 Å². The van der Waals surface area contributed by atoms with E-state index in [1.807, 2.05) is 6.20 Å². The van der Waals surface area contributed by atoms with Crippen LogP contribution in [0.15, 0.2) is 24.4 Å². The Hall–Kier alpha value is -1.11. The summed E-state index contributed by atoms with van der Waals surface area (Å²) in [6.07, 6.45) is 18.5. The SMILES string of the molecule is CCCC=Cc1ccc(C2CCC(CCCC)CC2)nc1. The number of allylic oxidation sites excluding steroid dienone is 1. The summed E-state index contributed by atoms with van der Waals surface area (Å²) in [7, 11) is 0. The van der Waals surface area contributed by atoms with Crippen molar-refractivity contribution in [3.63, 3.8) is 0 Å². The Morgan fingerprint density at radius 3 is 2.52 bits per heavy atom. The van der Waals surface area contributed by atoms with Gasteiger partial charge in [-0.05, 0) is 49.7 Å². The van der Waals surface area contributed by atoms with E-state index >= 15 is 0 Å². The Bertz CT molecular complexity index is 410. The summed E-state index contributed by atoms with van der Waals surface area (Å²) in [5.74, 6) is 1.69. The van der Waals surface area contributed by atoms with Gasteiger partial charge in [0, 0.05) is 17.8 Å². The third-order valence-electron chi connectivity index (χ3n) is 4.81. The van der Waals surface area contributed by atoms with Crippen molar-refractivity contribution in [3.8, 4) is 0 Å². The van der Waals surface area contributed by atoms with Crippen molar-refractivity contribution in [2.45, 2.75) is 77.6 Å². The molecule has 0 aromatic carbocycles. The monoisotopic (exact) mass is 285 g/mol. The zero-order chi connectivity index (χ0) is 14.9. The van der Waals surface area contributed by atoms with E-state index in [0.29, 0.717) is 5.92 Å². The van der Waals surface area contributed by atoms with Crippen LogP contribution < -0.4 is 0 Å². The molecule has 1 heteroatoms. The van der Waals surface area contributed by atoms with Crippen LogP contribution in [0, 0.1) is 5.92 Å². The largest absolute Gasteiger partial charge is 0.260 e. The molecule has 0 N–H and O–H groups in total. The fourth-order valence-electron chi connectivity index (χ4n) is 3.38. The fraction of sp³-hybridized carbons (Fsp3) is 0.650. The molecule has 0 saturated heterocycles. The quantitative estimate of drug-likeness (QED) is 0.568. The standard InChI is InChI=1S/C20H31N/c1-3-5-7-9-18-12-15-20(21-16-18)19-13-10-17(11-14-19)8-6-4-2/h7,9,12,15-17,19H,3-6,8,10-11,13-14H2,1-2H3. The van der Waals surface area contributed by atoms with Crippen LogP contribution in [0.2, 0.25) is 0 Å². The lowest BCUT2D eigenvalue weighted by Gasteiger charge is -2.28. The summed E-state index contributed by atoms with van der Waals surface area (Å²) in [4.78, 5) is 4.72. The van der Waals surface area contributed by atoms with Gasteiger partial charge in [-0.15, -0.1) is 0 Å². The van der Waals surface area contributed by atoms with Crippen molar-refractivity contribution >= 4 is 6.08 Å². The molecule has 0 aliphatic heterocycles. The number of hydrogen-bond acceptors (Lipinski definition) is 1. The maximum Gasteiger partial charge on any atom is 0.0434 e. The first-order chi connectivity index (χ1) is 10.3. The van der Waals surface area contributed by atoms with Gasteiger partial charge in [-0.2, -0.15) is 0 Å². The molecule has 1 aliphatic rings. The molecule has 1 aromatic heterocycles.